The van der Waals surface area contributed by atoms with E-state index in [0.29, 0.717) is 17.8 Å². The molecular formula is C19H30BrN3O2S. The molecule has 146 valence electrons. The lowest BCUT2D eigenvalue weighted by Crippen LogP contribution is -2.48. The SMILES string of the molecule is CCS(=O)C1CCCC(NC(=NC)NCC(C)Oc2ccccc2Br)C1. The number of para-hydroxylation sites is 1. The van der Waals surface area contributed by atoms with Crippen molar-refractivity contribution in [1.82, 2.24) is 10.6 Å². The Bertz CT molecular complexity index is 627. The average Bonchev–Trinajstić information content (AvgIpc) is 2.66. The van der Waals surface area contributed by atoms with Gasteiger partial charge in [0.1, 0.15) is 11.9 Å². The van der Waals surface area contributed by atoms with Gasteiger partial charge in [-0.1, -0.05) is 25.5 Å². The third-order valence-electron chi connectivity index (χ3n) is 4.57. The van der Waals surface area contributed by atoms with Crippen molar-refractivity contribution in [2.45, 2.75) is 56.9 Å². The van der Waals surface area contributed by atoms with Crippen LogP contribution in [0.3, 0.4) is 0 Å². The van der Waals surface area contributed by atoms with E-state index in [4.69, 9.17) is 4.74 Å². The van der Waals surface area contributed by atoms with Gasteiger partial charge in [0.2, 0.25) is 0 Å². The van der Waals surface area contributed by atoms with Crippen LogP contribution in [0.2, 0.25) is 0 Å². The Morgan fingerprint density at radius 2 is 2.19 bits per heavy atom. The maximum Gasteiger partial charge on any atom is 0.191 e. The number of nitrogens with one attached hydrogen (secondary N) is 2. The Morgan fingerprint density at radius 3 is 2.88 bits per heavy atom. The van der Waals surface area contributed by atoms with Crippen LogP contribution in [0.1, 0.15) is 39.5 Å². The van der Waals surface area contributed by atoms with E-state index in [1.807, 2.05) is 38.1 Å². The van der Waals surface area contributed by atoms with Crippen LogP contribution in [-0.4, -0.2) is 46.9 Å². The molecule has 4 unspecified atom stereocenters. The van der Waals surface area contributed by atoms with Crippen LogP contribution in [0.25, 0.3) is 0 Å². The Hall–Kier alpha value is -1.08. The van der Waals surface area contributed by atoms with Crippen LogP contribution < -0.4 is 15.4 Å². The number of halogens is 1. The van der Waals surface area contributed by atoms with Gasteiger partial charge in [-0.2, -0.15) is 0 Å². The maximum absolute atomic E-state index is 12.1. The number of rotatable bonds is 7. The van der Waals surface area contributed by atoms with E-state index in [-0.39, 0.29) is 6.10 Å². The lowest BCUT2D eigenvalue weighted by Gasteiger charge is -2.30. The first-order valence-electron chi connectivity index (χ1n) is 9.29. The minimum absolute atomic E-state index is 0.000973. The quantitative estimate of drug-likeness (QED) is 0.500. The summed E-state index contributed by atoms with van der Waals surface area (Å²) in [6.45, 7) is 4.68. The van der Waals surface area contributed by atoms with E-state index in [2.05, 4.69) is 31.6 Å². The highest BCUT2D eigenvalue weighted by Gasteiger charge is 2.26. The monoisotopic (exact) mass is 443 g/mol. The topological polar surface area (TPSA) is 62.7 Å². The third kappa shape index (κ3) is 6.58. The van der Waals surface area contributed by atoms with Crippen molar-refractivity contribution in [1.29, 1.82) is 0 Å². The molecule has 0 aromatic heterocycles. The second-order valence-corrected chi connectivity index (χ2v) is 9.47. The van der Waals surface area contributed by atoms with Gasteiger partial charge in [-0.15, -0.1) is 0 Å². The van der Waals surface area contributed by atoms with Crippen molar-refractivity contribution in [2.75, 3.05) is 19.3 Å². The molecule has 26 heavy (non-hydrogen) atoms. The van der Waals surface area contributed by atoms with Crippen LogP contribution in [0.5, 0.6) is 5.75 Å². The van der Waals surface area contributed by atoms with Crippen molar-refractivity contribution >= 4 is 32.7 Å². The molecule has 0 heterocycles. The summed E-state index contributed by atoms with van der Waals surface area (Å²) in [6.07, 6.45) is 4.23. The highest BCUT2D eigenvalue weighted by Crippen LogP contribution is 2.25. The Labute approximate surface area is 168 Å². The van der Waals surface area contributed by atoms with Gasteiger partial charge in [0.25, 0.3) is 0 Å². The first kappa shape index (κ1) is 21.2. The Kier molecular flexibility index (Phi) is 8.91. The molecule has 4 atom stereocenters. The summed E-state index contributed by atoms with van der Waals surface area (Å²) in [5.41, 5.74) is 0. The molecule has 2 N–H and O–H groups in total. The minimum atomic E-state index is -0.712. The van der Waals surface area contributed by atoms with Gasteiger partial charge in [0.15, 0.2) is 5.96 Å². The molecule has 0 spiro atoms. The van der Waals surface area contributed by atoms with Crippen molar-refractivity contribution < 1.29 is 8.95 Å². The summed E-state index contributed by atoms with van der Waals surface area (Å²) >= 11 is 3.50. The lowest BCUT2D eigenvalue weighted by atomic mass is 9.95. The highest BCUT2D eigenvalue weighted by atomic mass is 79.9. The molecule has 1 aliphatic rings. The first-order chi connectivity index (χ1) is 12.5. The van der Waals surface area contributed by atoms with Crippen LogP contribution in [0.4, 0.5) is 0 Å². The third-order valence-corrected chi connectivity index (χ3v) is 6.96. The summed E-state index contributed by atoms with van der Waals surface area (Å²) < 4.78 is 19.0. The fourth-order valence-corrected chi connectivity index (χ4v) is 4.90. The molecule has 1 saturated carbocycles. The highest BCUT2D eigenvalue weighted by molar-refractivity contribution is 9.10. The number of hydrogen-bond acceptors (Lipinski definition) is 3. The number of nitrogens with zero attached hydrogens (tertiary/aromatic N) is 1. The summed E-state index contributed by atoms with van der Waals surface area (Å²) in [7, 11) is 1.07. The Morgan fingerprint density at radius 1 is 1.42 bits per heavy atom. The largest absolute Gasteiger partial charge is 0.488 e. The molecule has 1 aromatic carbocycles. The normalized spacial score (nSPS) is 23.2. The van der Waals surface area contributed by atoms with Gasteiger partial charge in [-0.05, 0) is 54.2 Å². The fourth-order valence-electron chi connectivity index (χ4n) is 3.18. The van der Waals surface area contributed by atoms with Crippen LogP contribution in [0.15, 0.2) is 33.7 Å². The predicted molar refractivity (Wildman–Crippen MR) is 113 cm³/mol. The van der Waals surface area contributed by atoms with Gasteiger partial charge in [-0.25, -0.2) is 0 Å². The molecule has 1 aliphatic carbocycles. The molecule has 7 heteroatoms. The zero-order chi connectivity index (χ0) is 18.9. The van der Waals surface area contributed by atoms with Gasteiger partial charge < -0.3 is 15.4 Å². The van der Waals surface area contributed by atoms with Gasteiger partial charge in [0.05, 0.1) is 11.0 Å². The molecular weight excluding hydrogens is 414 g/mol. The van der Waals surface area contributed by atoms with E-state index in [1.54, 1.807) is 7.05 Å². The zero-order valence-electron chi connectivity index (χ0n) is 15.8. The van der Waals surface area contributed by atoms with Crippen molar-refractivity contribution in [3.63, 3.8) is 0 Å². The molecule has 0 bridgehead atoms. The molecule has 0 amide bonds. The summed E-state index contributed by atoms with van der Waals surface area (Å²) in [4.78, 5) is 4.32. The van der Waals surface area contributed by atoms with Crippen LogP contribution in [0, 0.1) is 0 Å². The smallest absolute Gasteiger partial charge is 0.191 e. The van der Waals surface area contributed by atoms with E-state index >= 15 is 0 Å². The number of guanidine groups is 1. The zero-order valence-corrected chi connectivity index (χ0v) is 18.2. The van der Waals surface area contributed by atoms with Gasteiger partial charge in [0, 0.05) is 34.9 Å². The van der Waals surface area contributed by atoms with E-state index in [0.717, 1.165) is 47.6 Å². The molecule has 0 saturated heterocycles. The van der Waals surface area contributed by atoms with Crippen LogP contribution in [-0.2, 0) is 10.8 Å². The lowest BCUT2D eigenvalue weighted by molar-refractivity contribution is 0.222. The van der Waals surface area contributed by atoms with Crippen LogP contribution >= 0.6 is 15.9 Å². The average molecular weight is 444 g/mol. The van der Waals surface area contributed by atoms with Gasteiger partial charge >= 0.3 is 0 Å². The summed E-state index contributed by atoms with van der Waals surface area (Å²) in [6, 6.07) is 8.17. The predicted octanol–water partition coefficient (Wildman–Crippen LogP) is 3.46. The molecule has 5 nitrogen and oxygen atoms in total. The minimum Gasteiger partial charge on any atom is -0.488 e. The second-order valence-electron chi connectivity index (χ2n) is 6.61. The number of aliphatic imine (C=N–C) groups is 1. The van der Waals surface area contributed by atoms with E-state index in [9.17, 15) is 4.21 Å². The Balaban J connectivity index is 1.80. The maximum atomic E-state index is 12.1. The van der Waals surface area contributed by atoms with Crippen molar-refractivity contribution in [3.8, 4) is 5.75 Å². The number of ether oxygens (including phenoxy) is 1. The first-order valence-corrected chi connectivity index (χ1v) is 11.5. The molecule has 0 radical (unpaired) electrons. The van der Waals surface area contributed by atoms with Crippen molar-refractivity contribution in [3.05, 3.63) is 28.7 Å². The second kappa shape index (κ2) is 10.9. The molecule has 1 aromatic rings. The van der Waals surface area contributed by atoms with E-state index < -0.39 is 10.8 Å². The summed E-state index contributed by atoms with van der Waals surface area (Å²) in [5.74, 6) is 2.36. The van der Waals surface area contributed by atoms with Crippen molar-refractivity contribution in [2.24, 2.45) is 4.99 Å². The molecule has 1 fully saturated rings. The van der Waals surface area contributed by atoms with Gasteiger partial charge in [-0.3, -0.25) is 9.20 Å². The standard InChI is InChI=1S/C19H30BrN3O2S/c1-4-26(24)16-9-7-8-15(12-16)23-19(21-3)22-13-14(2)25-18-11-6-5-10-17(18)20/h5-6,10-11,14-16H,4,7-9,12-13H2,1-3H3,(H2,21,22,23). The summed E-state index contributed by atoms with van der Waals surface area (Å²) in [5, 5.41) is 7.13. The fraction of sp³-hybridized carbons (Fsp3) is 0.632. The molecule has 0 aliphatic heterocycles. The number of hydrogen-bond donors (Lipinski definition) is 2. The number of benzene rings is 1. The van der Waals surface area contributed by atoms with E-state index in [1.165, 1.54) is 0 Å². The molecule has 2 rings (SSSR count).